The second kappa shape index (κ2) is 3.21. The van der Waals surface area contributed by atoms with Crippen molar-refractivity contribution in [2.75, 3.05) is 0 Å². The number of pyridine rings is 1. The summed E-state index contributed by atoms with van der Waals surface area (Å²) in [5.74, 6) is 0. The van der Waals surface area contributed by atoms with Crippen molar-refractivity contribution >= 4 is 5.57 Å². The van der Waals surface area contributed by atoms with Crippen molar-refractivity contribution in [3.63, 3.8) is 0 Å². The number of hydrogen-bond donors (Lipinski definition) is 0. The molecule has 1 heteroatoms. The van der Waals surface area contributed by atoms with Crippen LogP contribution in [-0.4, -0.2) is 4.98 Å². The molecule has 2 rings (SSSR count). The Bertz CT molecular complexity index is 354. The third-order valence-electron chi connectivity index (χ3n) is 1.77. The molecule has 0 radical (unpaired) electrons. The summed E-state index contributed by atoms with van der Waals surface area (Å²) < 4.78 is 0. The first-order valence-electron chi connectivity index (χ1n) is 3.99. The van der Waals surface area contributed by atoms with E-state index in [4.69, 9.17) is 0 Å². The summed E-state index contributed by atoms with van der Waals surface area (Å²) >= 11 is 0. The van der Waals surface area contributed by atoms with E-state index in [0.29, 0.717) is 0 Å². The molecule has 12 heavy (non-hydrogen) atoms. The second-order valence-corrected chi connectivity index (χ2v) is 2.64. The van der Waals surface area contributed by atoms with Crippen molar-refractivity contribution in [3.05, 3.63) is 54.0 Å². The van der Waals surface area contributed by atoms with Gasteiger partial charge in [0.05, 0.1) is 0 Å². The third kappa shape index (κ3) is 1.36. The van der Waals surface area contributed by atoms with Crippen LogP contribution >= 0.6 is 0 Å². The van der Waals surface area contributed by atoms with Gasteiger partial charge in [0.25, 0.3) is 0 Å². The fourth-order valence-corrected chi connectivity index (χ4v) is 1.17. The molecule has 0 unspecified atom stereocenters. The molecular weight excluding hydrogens is 146 g/mol. The van der Waals surface area contributed by atoms with Gasteiger partial charge in [0.1, 0.15) is 0 Å². The fraction of sp³-hybridized carbons (Fsp3) is 0.0909. The van der Waals surface area contributed by atoms with Gasteiger partial charge >= 0.3 is 0 Å². The van der Waals surface area contributed by atoms with E-state index in [1.807, 2.05) is 24.4 Å². The molecule has 1 aromatic heterocycles. The van der Waals surface area contributed by atoms with Crippen molar-refractivity contribution in [1.29, 1.82) is 0 Å². The van der Waals surface area contributed by atoms with Crippen LogP contribution in [0.4, 0.5) is 0 Å². The SMILES string of the molecule is C1=CCC=CC=1c1cccnc1. The topological polar surface area (TPSA) is 12.9 Å². The molecule has 58 valence electrons. The average molecular weight is 155 g/mol. The van der Waals surface area contributed by atoms with Crippen molar-refractivity contribution in [1.82, 2.24) is 4.98 Å². The first kappa shape index (κ1) is 7.08. The molecule has 0 amide bonds. The Balaban J connectivity index is 2.44. The highest BCUT2D eigenvalue weighted by Gasteiger charge is 1.96. The number of rotatable bonds is 1. The number of allylic oxidation sites excluding steroid dienone is 3. The highest BCUT2D eigenvalue weighted by molar-refractivity contribution is 5.73. The zero-order chi connectivity index (χ0) is 8.23. The van der Waals surface area contributed by atoms with Gasteiger partial charge in [-0.1, -0.05) is 18.2 Å². The minimum atomic E-state index is 0.990. The van der Waals surface area contributed by atoms with Gasteiger partial charge in [0.2, 0.25) is 0 Å². The van der Waals surface area contributed by atoms with Crippen LogP contribution in [0.2, 0.25) is 0 Å². The molecule has 0 atom stereocenters. The Kier molecular flexibility index (Phi) is 1.89. The standard InChI is InChI=1S/C11H9N/c1-2-5-10(6-3-1)11-7-4-8-12-9-11/h2-5,7-9H,1H2. The molecule has 0 spiro atoms. The highest BCUT2D eigenvalue weighted by Crippen LogP contribution is 2.15. The Morgan fingerprint density at radius 1 is 1.42 bits per heavy atom. The first-order valence-corrected chi connectivity index (χ1v) is 3.99. The summed E-state index contributed by atoms with van der Waals surface area (Å²) in [6.07, 6.45) is 10.9. The minimum Gasteiger partial charge on any atom is -0.264 e. The van der Waals surface area contributed by atoms with Crippen LogP contribution in [-0.2, 0) is 0 Å². The van der Waals surface area contributed by atoms with E-state index in [1.165, 1.54) is 0 Å². The minimum absolute atomic E-state index is 0.990. The van der Waals surface area contributed by atoms with E-state index in [2.05, 4.69) is 22.9 Å². The fourth-order valence-electron chi connectivity index (χ4n) is 1.17. The molecule has 0 saturated heterocycles. The molecule has 0 bridgehead atoms. The van der Waals surface area contributed by atoms with Crippen LogP contribution in [0.5, 0.6) is 0 Å². The van der Waals surface area contributed by atoms with Crippen LogP contribution in [0, 0.1) is 0 Å². The lowest BCUT2D eigenvalue weighted by atomic mass is 10.1. The second-order valence-electron chi connectivity index (χ2n) is 2.64. The Morgan fingerprint density at radius 2 is 2.42 bits per heavy atom. The number of nitrogens with zero attached hydrogens (tertiary/aromatic N) is 1. The predicted molar refractivity (Wildman–Crippen MR) is 49.5 cm³/mol. The van der Waals surface area contributed by atoms with E-state index in [-0.39, 0.29) is 0 Å². The summed E-state index contributed by atoms with van der Waals surface area (Å²) in [4.78, 5) is 4.05. The first-order chi connectivity index (χ1) is 5.97. The molecular formula is C11H9N. The molecule has 0 aromatic carbocycles. The summed E-state index contributed by atoms with van der Waals surface area (Å²) in [7, 11) is 0. The number of aromatic nitrogens is 1. The maximum Gasteiger partial charge on any atom is 0.0352 e. The molecule has 0 N–H and O–H groups in total. The summed E-state index contributed by atoms with van der Waals surface area (Å²) in [6, 6.07) is 3.98. The third-order valence-corrected chi connectivity index (χ3v) is 1.77. The van der Waals surface area contributed by atoms with Gasteiger partial charge in [-0.05, 0) is 18.6 Å². The zero-order valence-corrected chi connectivity index (χ0v) is 6.70. The quantitative estimate of drug-likeness (QED) is 0.568. The van der Waals surface area contributed by atoms with Crippen LogP contribution in [0.3, 0.4) is 0 Å². The zero-order valence-electron chi connectivity index (χ0n) is 6.70. The monoisotopic (exact) mass is 155 g/mol. The van der Waals surface area contributed by atoms with Gasteiger partial charge in [-0.25, -0.2) is 0 Å². The smallest absolute Gasteiger partial charge is 0.0352 e. The lowest BCUT2D eigenvalue weighted by Gasteiger charge is -1.99. The van der Waals surface area contributed by atoms with E-state index < -0.39 is 0 Å². The normalized spacial score (nSPS) is 14.5. The molecule has 1 aliphatic rings. The van der Waals surface area contributed by atoms with E-state index in [1.54, 1.807) is 6.20 Å². The van der Waals surface area contributed by atoms with Crippen molar-refractivity contribution in [3.8, 4) is 0 Å². The van der Waals surface area contributed by atoms with E-state index in [0.717, 1.165) is 17.6 Å². The Labute approximate surface area is 71.8 Å². The largest absolute Gasteiger partial charge is 0.264 e. The van der Waals surface area contributed by atoms with Crippen molar-refractivity contribution in [2.45, 2.75) is 6.42 Å². The summed E-state index contributed by atoms with van der Waals surface area (Å²) in [6.45, 7) is 0. The van der Waals surface area contributed by atoms with Gasteiger partial charge in [0.15, 0.2) is 0 Å². The average Bonchev–Trinajstić information content (AvgIpc) is 2.21. The van der Waals surface area contributed by atoms with E-state index >= 15 is 0 Å². The molecule has 0 fully saturated rings. The maximum absolute atomic E-state index is 4.05. The van der Waals surface area contributed by atoms with Crippen LogP contribution in [0.25, 0.3) is 5.57 Å². The highest BCUT2D eigenvalue weighted by atomic mass is 14.6. The van der Waals surface area contributed by atoms with Gasteiger partial charge in [-0.2, -0.15) is 0 Å². The van der Waals surface area contributed by atoms with Crippen molar-refractivity contribution < 1.29 is 0 Å². The molecule has 1 heterocycles. The molecule has 1 aliphatic carbocycles. The Morgan fingerprint density at radius 3 is 3.08 bits per heavy atom. The van der Waals surface area contributed by atoms with E-state index in [9.17, 15) is 0 Å². The Hall–Kier alpha value is -1.59. The molecule has 0 saturated carbocycles. The lowest BCUT2D eigenvalue weighted by Crippen LogP contribution is -1.82. The van der Waals surface area contributed by atoms with Gasteiger partial charge < -0.3 is 0 Å². The molecule has 1 nitrogen and oxygen atoms in total. The van der Waals surface area contributed by atoms with Gasteiger partial charge in [-0.15, -0.1) is 5.73 Å². The summed E-state index contributed by atoms with van der Waals surface area (Å²) in [5.41, 5.74) is 5.45. The summed E-state index contributed by atoms with van der Waals surface area (Å²) in [5, 5.41) is 0. The predicted octanol–water partition coefficient (Wildman–Crippen LogP) is 2.58. The number of hydrogen-bond acceptors (Lipinski definition) is 1. The van der Waals surface area contributed by atoms with Gasteiger partial charge in [-0.3, -0.25) is 4.98 Å². The van der Waals surface area contributed by atoms with Gasteiger partial charge in [0, 0.05) is 23.5 Å². The van der Waals surface area contributed by atoms with Crippen LogP contribution in [0.15, 0.2) is 48.5 Å². The molecule has 1 aromatic rings. The molecule has 0 aliphatic heterocycles. The van der Waals surface area contributed by atoms with Crippen LogP contribution in [0.1, 0.15) is 12.0 Å². The lowest BCUT2D eigenvalue weighted by molar-refractivity contribution is 1.30. The van der Waals surface area contributed by atoms with Crippen molar-refractivity contribution in [2.24, 2.45) is 0 Å². The van der Waals surface area contributed by atoms with Crippen LogP contribution < -0.4 is 0 Å². The maximum atomic E-state index is 4.05.